The van der Waals surface area contributed by atoms with Crippen molar-refractivity contribution in [3.05, 3.63) is 23.8 Å². The fourth-order valence-corrected chi connectivity index (χ4v) is 4.54. The molecule has 1 aromatic rings. The van der Waals surface area contributed by atoms with E-state index in [0.29, 0.717) is 9.99 Å². The molecule has 0 unspecified atom stereocenters. The van der Waals surface area contributed by atoms with E-state index in [4.69, 9.17) is 5.73 Å². The van der Waals surface area contributed by atoms with Crippen molar-refractivity contribution in [2.24, 2.45) is 0 Å². The number of hydrogen-bond donors (Lipinski definition) is 1. The lowest BCUT2D eigenvalue weighted by molar-refractivity contribution is 0.0871. The fourth-order valence-electron chi connectivity index (χ4n) is 2.10. The van der Waals surface area contributed by atoms with Crippen LogP contribution in [0.2, 0.25) is 0 Å². The summed E-state index contributed by atoms with van der Waals surface area (Å²) in [7, 11) is -7.10. The van der Waals surface area contributed by atoms with Gasteiger partial charge in [-0.1, -0.05) is 6.92 Å². The molecule has 1 heterocycles. The number of benzene rings is 1. The van der Waals surface area contributed by atoms with Crippen LogP contribution in [0.4, 0.5) is 5.69 Å². The van der Waals surface area contributed by atoms with Crippen molar-refractivity contribution in [3.63, 3.8) is 0 Å². The van der Waals surface area contributed by atoms with Crippen LogP contribution in [-0.4, -0.2) is 45.1 Å². The van der Waals surface area contributed by atoms with Gasteiger partial charge in [-0.3, -0.25) is 4.79 Å². The van der Waals surface area contributed by atoms with E-state index in [1.807, 2.05) is 0 Å². The van der Waals surface area contributed by atoms with Crippen molar-refractivity contribution in [2.75, 3.05) is 23.8 Å². The zero-order valence-corrected chi connectivity index (χ0v) is 13.1. The third-order valence-electron chi connectivity index (χ3n) is 3.28. The number of hydrogen-bond acceptors (Lipinski definition) is 6. The average molecular weight is 332 g/mol. The van der Waals surface area contributed by atoms with Gasteiger partial charge in [0.1, 0.15) is 14.7 Å². The largest absolute Gasteiger partial charge is 0.399 e. The van der Waals surface area contributed by atoms with Gasteiger partial charge >= 0.3 is 0 Å². The third kappa shape index (κ3) is 2.88. The Bertz CT molecular complexity index is 784. The highest BCUT2D eigenvalue weighted by atomic mass is 32.2. The van der Waals surface area contributed by atoms with Gasteiger partial charge in [-0.15, -0.1) is 0 Å². The lowest BCUT2D eigenvalue weighted by atomic mass is 10.2. The summed E-state index contributed by atoms with van der Waals surface area (Å²) in [6.07, 6.45) is 0.0740. The van der Waals surface area contributed by atoms with E-state index in [2.05, 4.69) is 0 Å². The minimum atomic E-state index is -3.90. The van der Waals surface area contributed by atoms with Crippen molar-refractivity contribution in [1.29, 1.82) is 0 Å². The summed E-state index contributed by atoms with van der Waals surface area (Å²) < 4.78 is 48.0. The first kappa shape index (κ1) is 15.8. The molecule has 1 amide bonds. The number of fused-ring (bicyclic) bond motifs is 1. The molecule has 9 heteroatoms. The minimum absolute atomic E-state index is 0.00947. The Morgan fingerprint density at radius 2 is 1.95 bits per heavy atom. The van der Waals surface area contributed by atoms with Crippen molar-refractivity contribution in [3.8, 4) is 0 Å². The van der Waals surface area contributed by atoms with Gasteiger partial charge in [0.05, 0.1) is 11.3 Å². The molecule has 0 aliphatic carbocycles. The number of nitrogens with zero attached hydrogens (tertiary/aromatic N) is 1. The van der Waals surface area contributed by atoms with Crippen molar-refractivity contribution in [1.82, 2.24) is 4.31 Å². The second-order valence-electron chi connectivity index (χ2n) is 4.73. The van der Waals surface area contributed by atoms with Gasteiger partial charge in [0.25, 0.3) is 15.9 Å². The molecular weight excluding hydrogens is 316 g/mol. The van der Waals surface area contributed by atoms with E-state index >= 15 is 0 Å². The topological polar surface area (TPSA) is 115 Å². The van der Waals surface area contributed by atoms with Crippen molar-refractivity contribution in [2.45, 2.75) is 18.2 Å². The van der Waals surface area contributed by atoms with Gasteiger partial charge in [0.15, 0.2) is 0 Å². The Balaban J connectivity index is 2.22. The molecule has 0 atom stereocenters. The smallest absolute Gasteiger partial charge is 0.269 e. The summed E-state index contributed by atoms with van der Waals surface area (Å²) >= 11 is 0. The number of carbonyl (C=O) groups excluding carboxylic acids is 1. The molecule has 0 aromatic heterocycles. The molecule has 2 rings (SSSR count). The molecule has 116 valence electrons. The highest BCUT2D eigenvalue weighted by Gasteiger charge is 2.40. The van der Waals surface area contributed by atoms with Crippen LogP contribution >= 0.6 is 0 Å². The Morgan fingerprint density at radius 3 is 2.57 bits per heavy atom. The van der Waals surface area contributed by atoms with E-state index in [0.717, 1.165) is 0 Å². The second kappa shape index (κ2) is 5.30. The van der Waals surface area contributed by atoms with E-state index in [1.165, 1.54) is 25.1 Å². The van der Waals surface area contributed by atoms with Gasteiger partial charge in [0, 0.05) is 18.0 Å². The number of nitrogens with two attached hydrogens (primary N) is 1. The predicted octanol–water partition coefficient (Wildman–Crippen LogP) is 0.238. The first-order chi connectivity index (χ1) is 9.69. The quantitative estimate of drug-likeness (QED) is 0.772. The Kier molecular flexibility index (Phi) is 3.98. The monoisotopic (exact) mass is 332 g/mol. The molecule has 2 N–H and O–H groups in total. The van der Waals surface area contributed by atoms with Crippen LogP contribution in [0.15, 0.2) is 23.1 Å². The number of anilines is 1. The van der Waals surface area contributed by atoms with E-state index < -0.39 is 25.8 Å². The van der Waals surface area contributed by atoms with Crippen molar-refractivity contribution < 1.29 is 21.6 Å². The van der Waals surface area contributed by atoms with Gasteiger partial charge < -0.3 is 5.73 Å². The molecule has 0 bridgehead atoms. The zero-order valence-electron chi connectivity index (χ0n) is 11.4. The number of rotatable bonds is 5. The van der Waals surface area contributed by atoms with E-state index in [-0.39, 0.29) is 34.9 Å². The van der Waals surface area contributed by atoms with Crippen LogP contribution in [0.1, 0.15) is 23.7 Å². The third-order valence-corrected chi connectivity index (χ3v) is 6.92. The van der Waals surface area contributed by atoms with E-state index in [9.17, 15) is 21.6 Å². The maximum absolute atomic E-state index is 12.2. The number of sulfonamides is 1. The molecule has 1 aliphatic heterocycles. The minimum Gasteiger partial charge on any atom is -0.399 e. The van der Waals surface area contributed by atoms with E-state index in [1.54, 1.807) is 0 Å². The molecule has 0 radical (unpaired) electrons. The number of nitrogen functional groups attached to an aromatic ring is 1. The molecule has 0 fully saturated rings. The van der Waals surface area contributed by atoms with Gasteiger partial charge in [-0.05, 0) is 24.6 Å². The number of carbonyl (C=O) groups is 1. The highest BCUT2D eigenvalue weighted by molar-refractivity contribution is 7.91. The number of amides is 1. The van der Waals surface area contributed by atoms with Gasteiger partial charge in [-0.25, -0.2) is 21.1 Å². The van der Waals surface area contributed by atoms with Gasteiger partial charge in [0.2, 0.25) is 0 Å². The van der Waals surface area contributed by atoms with Crippen LogP contribution in [0.25, 0.3) is 0 Å². The predicted molar refractivity (Wildman–Crippen MR) is 78.0 cm³/mol. The molecular formula is C12H16N2O5S2. The molecule has 1 aromatic carbocycles. The molecule has 0 spiro atoms. The van der Waals surface area contributed by atoms with Gasteiger partial charge in [-0.2, -0.15) is 0 Å². The summed E-state index contributed by atoms with van der Waals surface area (Å²) in [5, 5.41) is 0. The molecule has 0 saturated carbocycles. The Morgan fingerprint density at radius 1 is 1.29 bits per heavy atom. The van der Waals surface area contributed by atoms with Crippen LogP contribution in [0.5, 0.6) is 0 Å². The van der Waals surface area contributed by atoms with Crippen LogP contribution < -0.4 is 5.73 Å². The maximum atomic E-state index is 12.2. The summed E-state index contributed by atoms with van der Waals surface area (Å²) in [4.78, 5) is 12.0. The summed E-state index contributed by atoms with van der Waals surface area (Å²) in [6.45, 7) is 1.36. The molecule has 1 aliphatic rings. The van der Waals surface area contributed by atoms with Crippen LogP contribution in [0, 0.1) is 0 Å². The summed E-state index contributed by atoms with van der Waals surface area (Å²) in [5.41, 5.74) is 5.89. The fraction of sp³-hybridized carbons (Fsp3) is 0.417. The highest BCUT2D eigenvalue weighted by Crippen LogP contribution is 2.31. The summed E-state index contributed by atoms with van der Waals surface area (Å²) in [5.74, 6) is -0.822. The molecule has 21 heavy (non-hydrogen) atoms. The lowest BCUT2D eigenvalue weighted by Crippen LogP contribution is -2.32. The zero-order chi connectivity index (χ0) is 15.8. The average Bonchev–Trinajstić information content (AvgIpc) is 2.59. The lowest BCUT2D eigenvalue weighted by Gasteiger charge is -2.14. The van der Waals surface area contributed by atoms with Crippen molar-refractivity contribution >= 4 is 31.5 Å². The maximum Gasteiger partial charge on any atom is 0.269 e. The second-order valence-corrected chi connectivity index (χ2v) is 9.03. The first-order valence-corrected chi connectivity index (χ1v) is 9.62. The first-order valence-electron chi connectivity index (χ1n) is 6.36. The molecule has 0 saturated heterocycles. The summed E-state index contributed by atoms with van der Waals surface area (Å²) in [6, 6.07) is 4.02. The Labute approximate surface area is 123 Å². The standard InChI is InChI=1S/C12H16N2O5S2/c1-2-20(16,17)7-3-6-14-12(15)10-8-9(13)4-5-11(10)21(14,18)19/h4-5,8H,2-3,6-7,13H2,1H3. The van der Waals surface area contributed by atoms with Crippen LogP contribution in [-0.2, 0) is 19.9 Å². The normalized spacial score (nSPS) is 17.0. The molecule has 7 nitrogen and oxygen atoms in total. The number of sulfone groups is 1. The van der Waals surface area contributed by atoms with Crippen LogP contribution in [0.3, 0.4) is 0 Å². The Hall–Kier alpha value is -1.61. The SMILES string of the molecule is CCS(=O)(=O)CCCN1C(=O)c2cc(N)ccc2S1(=O)=O.